The summed E-state index contributed by atoms with van der Waals surface area (Å²) in [6.45, 7) is 11.4. The summed E-state index contributed by atoms with van der Waals surface area (Å²) in [5, 5.41) is 3.30. The van der Waals surface area contributed by atoms with Gasteiger partial charge >= 0.3 is 0 Å². The Hall–Kier alpha value is -1.69. The van der Waals surface area contributed by atoms with E-state index in [2.05, 4.69) is 41.0 Å². The van der Waals surface area contributed by atoms with Crippen molar-refractivity contribution in [2.24, 2.45) is 11.3 Å². The smallest absolute Gasteiger partial charge is 0.275 e. The lowest BCUT2D eigenvalue weighted by Crippen LogP contribution is -3.16. The molecule has 27 heavy (non-hydrogen) atoms. The van der Waals surface area contributed by atoms with Crippen LogP contribution in [0.1, 0.15) is 52.9 Å². The summed E-state index contributed by atoms with van der Waals surface area (Å²) in [6, 6.07) is 2.21. The van der Waals surface area contributed by atoms with Gasteiger partial charge in [-0.05, 0) is 43.1 Å². The van der Waals surface area contributed by atoms with Crippen molar-refractivity contribution in [3.63, 3.8) is 0 Å². The summed E-state index contributed by atoms with van der Waals surface area (Å²) in [4.78, 5) is 24.7. The Labute approximate surface area is 163 Å². The van der Waals surface area contributed by atoms with Crippen molar-refractivity contribution in [2.75, 3.05) is 37.6 Å². The van der Waals surface area contributed by atoms with Gasteiger partial charge in [0.1, 0.15) is 0 Å². The highest BCUT2D eigenvalue weighted by molar-refractivity contribution is 5.77. The summed E-state index contributed by atoms with van der Waals surface area (Å²) in [6.07, 6.45) is 9.56. The van der Waals surface area contributed by atoms with Crippen LogP contribution in [0.5, 0.6) is 0 Å². The van der Waals surface area contributed by atoms with E-state index in [4.69, 9.17) is 0 Å². The molecular formula is C21H36N5O+. The number of amides is 1. The molecule has 0 spiro atoms. The molecule has 0 atom stereocenters. The predicted molar refractivity (Wildman–Crippen MR) is 108 cm³/mol. The van der Waals surface area contributed by atoms with Crippen molar-refractivity contribution >= 4 is 11.9 Å². The zero-order valence-electron chi connectivity index (χ0n) is 17.2. The normalized spacial score (nSPS) is 24.6. The van der Waals surface area contributed by atoms with Crippen molar-refractivity contribution in [1.82, 2.24) is 15.3 Å². The van der Waals surface area contributed by atoms with Gasteiger partial charge in [-0.2, -0.15) is 0 Å². The molecule has 1 amide bonds. The second-order valence-corrected chi connectivity index (χ2v) is 8.92. The molecule has 0 aromatic carbocycles. The first-order valence-electron chi connectivity index (χ1n) is 10.6. The Morgan fingerprint density at radius 3 is 2.41 bits per heavy atom. The van der Waals surface area contributed by atoms with Gasteiger partial charge in [0.2, 0.25) is 5.95 Å². The van der Waals surface area contributed by atoms with Crippen molar-refractivity contribution in [3.05, 3.63) is 18.5 Å². The highest BCUT2D eigenvalue weighted by atomic mass is 16.2. The number of hydrogen-bond acceptors (Lipinski definition) is 4. The molecule has 2 fully saturated rings. The molecule has 2 heterocycles. The highest BCUT2D eigenvalue weighted by Crippen LogP contribution is 2.40. The van der Waals surface area contributed by atoms with Gasteiger partial charge in [-0.3, -0.25) is 4.79 Å². The first-order valence-corrected chi connectivity index (χ1v) is 10.6. The van der Waals surface area contributed by atoms with Gasteiger partial charge in [-0.1, -0.05) is 27.2 Å². The van der Waals surface area contributed by atoms with E-state index in [0.717, 1.165) is 50.9 Å². The molecule has 1 saturated carbocycles. The van der Waals surface area contributed by atoms with E-state index in [1.807, 2.05) is 6.07 Å². The maximum atomic E-state index is 12.5. The first kappa shape index (κ1) is 20.1. The molecule has 0 bridgehead atoms. The molecule has 3 rings (SSSR count). The summed E-state index contributed by atoms with van der Waals surface area (Å²) in [7, 11) is 0. The van der Waals surface area contributed by atoms with Crippen LogP contribution in [0, 0.1) is 11.3 Å². The molecule has 2 aliphatic rings. The van der Waals surface area contributed by atoms with Gasteiger partial charge < -0.3 is 15.1 Å². The molecule has 0 unspecified atom stereocenters. The lowest BCUT2D eigenvalue weighted by molar-refractivity contribution is -0.892. The molecule has 1 saturated heterocycles. The molecule has 1 aliphatic heterocycles. The van der Waals surface area contributed by atoms with Gasteiger partial charge in [0.25, 0.3) is 5.91 Å². The monoisotopic (exact) mass is 374 g/mol. The number of carbonyl (C=O) groups excluding carboxylic acids is 1. The summed E-state index contributed by atoms with van der Waals surface area (Å²) in [5.41, 5.74) is 0.432. The van der Waals surface area contributed by atoms with E-state index < -0.39 is 0 Å². The lowest BCUT2D eigenvalue weighted by Gasteiger charge is -2.39. The average Bonchev–Trinajstić information content (AvgIpc) is 2.69. The minimum atomic E-state index is 0.215. The van der Waals surface area contributed by atoms with E-state index >= 15 is 0 Å². The van der Waals surface area contributed by atoms with Gasteiger partial charge in [0.15, 0.2) is 6.54 Å². The number of piperazine rings is 1. The summed E-state index contributed by atoms with van der Waals surface area (Å²) >= 11 is 0. The third-order valence-electron chi connectivity index (χ3n) is 6.82. The van der Waals surface area contributed by atoms with Crippen molar-refractivity contribution in [1.29, 1.82) is 0 Å². The minimum absolute atomic E-state index is 0.215. The Morgan fingerprint density at radius 1 is 1.19 bits per heavy atom. The quantitative estimate of drug-likeness (QED) is 0.788. The van der Waals surface area contributed by atoms with E-state index in [1.54, 1.807) is 12.4 Å². The number of quaternary nitrogens is 1. The van der Waals surface area contributed by atoms with Gasteiger partial charge in [-0.15, -0.1) is 0 Å². The minimum Gasteiger partial charge on any atom is -0.348 e. The number of aromatic nitrogens is 2. The molecule has 6 heteroatoms. The fourth-order valence-corrected chi connectivity index (χ4v) is 4.47. The number of anilines is 1. The third-order valence-corrected chi connectivity index (χ3v) is 6.82. The van der Waals surface area contributed by atoms with Crippen molar-refractivity contribution in [2.45, 2.75) is 58.9 Å². The predicted octanol–water partition coefficient (Wildman–Crippen LogP) is 1.29. The van der Waals surface area contributed by atoms with E-state index in [9.17, 15) is 4.79 Å². The second-order valence-electron chi connectivity index (χ2n) is 8.92. The number of carbonyl (C=O) groups is 1. The first-order chi connectivity index (χ1) is 13.0. The van der Waals surface area contributed by atoms with Gasteiger partial charge in [0.05, 0.1) is 26.2 Å². The third kappa shape index (κ3) is 5.41. The van der Waals surface area contributed by atoms with Gasteiger partial charge in [0, 0.05) is 18.4 Å². The Kier molecular flexibility index (Phi) is 6.68. The van der Waals surface area contributed by atoms with E-state index in [0.29, 0.717) is 18.0 Å². The summed E-state index contributed by atoms with van der Waals surface area (Å²) < 4.78 is 0. The zero-order valence-corrected chi connectivity index (χ0v) is 17.2. The molecular weight excluding hydrogens is 338 g/mol. The van der Waals surface area contributed by atoms with Crippen LogP contribution in [0.15, 0.2) is 18.5 Å². The number of rotatable bonds is 6. The largest absolute Gasteiger partial charge is 0.348 e. The van der Waals surface area contributed by atoms with Crippen LogP contribution >= 0.6 is 0 Å². The molecule has 1 aromatic rings. The topological polar surface area (TPSA) is 62.6 Å². The molecule has 1 aliphatic carbocycles. The van der Waals surface area contributed by atoms with Crippen molar-refractivity contribution < 1.29 is 9.69 Å². The average molecular weight is 375 g/mol. The van der Waals surface area contributed by atoms with Crippen LogP contribution in [0.4, 0.5) is 5.95 Å². The Balaban J connectivity index is 1.37. The molecule has 0 radical (unpaired) electrons. The molecule has 6 nitrogen and oxygen atoms in total. The standard InChI is InChI=1S/C21H35N5O/c1-4-21(2,3)17-6-8-18(9-7-17)24-19(27)16-25-12-14-26(15-13-25)20-22-10-5-11-23-20/h5,10-11,17-18H,4,6-9,12-16H2,1-3H3,(H,24,27)/p+1. The highest BCUT2D eigenvalue weighted by Gasteiger charge is 2.32. The Morgan fingerprint density at radius 2 is 1.81 bits per heavy atom. The molecule has 150 valence electrons. The second kappa shape index (κ2) is 9.00. The number of nitrogens with one attached hydrogen (secondary N) is 2. The van der Waals surface area contributed by atoms with Crippen LogP contribution < -0.4 is 15.1 Å². The maximum absolute atomic E-state index is 12.5. The SMILES string of the molecule is CCC(C)(C)C1CCC(NC(=O)C[NH+]2CCN(c3ncccn3)CC2)CC1. The maximum Gasteiger partial charge on any atom is 0.275 e. The van der Waals surface area contributed by atoms with Crippen molar-refractivity contribution in [3.8, 4) is 0 Å². The van der Waals surface area contributed by atoms with Crippen LogP contribution in [0.3, 0.4) is 0 Å². The van der Waals surface area contributed by atoms with Crippen LogP contribution in [-0.2, 0) is 4.79 Å². The number of nitrogens with zero attached hydrogens (tertiary/aromatic N) is 3. The zero-order chi connectivity index (χ0) is 19.3. The Bertz CT molecular complexity index is 590. The van der Waals surface area contributed by atoms with Crippen LogP contribution in [0.25, 0.3) is 0 Å². The lowest BCUT2D eigenvalue weighted by atomic mass is 9.69. The summed E-state index contributed by atoms with van der Waals surface area (Å²) in [5.74, 6) is 1.81. The number of hydrogen-bond donors (Lipinski definition) is 2. The van der Waals surface area contributed by atoms with Crippen LogP contribution in [0.2, 0.25) is 0 Å². The molecule has 2 N–H and O–H groups in total. The van der Waals surface area contributed by atoms with Crippen LogP contribution in [-0.4, -0.2) is 54.6 Å². The van der Waals surface area contributed by atoms with E-state index in [-0.39, 0.29) is 5.91 Å². The van der Waals surface area contributed by atoms with E-state index in [1.165, 1.54) is 24.2 Å². The van der Waals surface area contributed by atoms with Gasteiger partial charge in [-0.25, -0.2) is 9.97 Å². The fourth-order valence-electron chi connectivity index (χ4n) is 4.47. The molecule has 1 aromatic heterocycles. The fraction of sp³-hybridized carbons (Fsp3) is 0.762.